The normalized spacial score (nSPS) is 16.4. The van der Waals surface area contributed by atoms with E-state index in [1.807, 2.05) is 0 Å². The fraction of sp³-hybridized carbons (Fsp3) is 0.278. The largest absolute Gasteiger partial charge is 0.478 e. The van der Waals surface area contributed by atoms with Gasteiger partial charge in [0.05, 0.1) is 5.57 Å². The van der Waals surface area contributed by atoms with Gasteiger partial charge in [-0.15, -0.1) is 11.3 Å². The van der Waals surface area contributed by atoms with Gasteiger partial charge in [0.25, 0.3) is 10.0 Å². The topological polar surface area (TPSA) is 74.7 Å². The fourth-order valence-corrected chi connectivity index (χ4v) is 6.17. The van der Waals surface area contributed by atoms with E-state index in [0.29, 0.717) is 17.6 Å². The Labute approximate surface area is 169 Å². The van der Waals surface area contributed by atoms with Gasteiger partial charge in [-0.2, -0.15) is 4.31 Å². The Balaban J connectivity index is 1.96. The Morgan fingerprint density at radius 2 is 1.89 bits per heavy atom. The minimum Gasteiger partial charge on any atom is -0.478 e. The van der Waals surface area contributed by atoms with Crippen LogP contribution in [0.2, 0.25) is 0 Å². The van der Waals surface area contributed by atoms with Gasteiger partial charge in [-0.25, -0.2) is 17.6 Å². The number of aliphatic carboxylic acids is 1. The van der Waals surface area contributed by atoms with E-state index in [1.54, 1.807) is 6.07 Å². The predicted octanol–water partition coefficient (Wildman–Crippen LogP) is 4.45. The van der Waals surface area contributed by atoms with Crippen LogP contribution < -0.4 is 0 Å². The molecule has 1 aliphatic rings. The molecule has 2 heterocycles. The Morgan fingerprint density at radius 1 is 1.19 bits per heavy atom. The molecule has 0 bridgehead atoms. The molecule has 0 spiro atoms. The molecule has 0 radical (unpaired) electrons. The van der Waals surface area contributed by atoms with Crippen LogP contribution in [-0.4, -0.2) is 36.9 Å². The SMILES string of the molecule is O=C(O)/C(=C/c1ccc(Br)cc1F)c1ccc(S(=O)(=O)N2CCCCC2)s1. The Bertz CT molecular complexity index is 995. The molecule has 1 aromatic heterocycles. The average Bonchev–Trinajstić information content (AvgIpc) is 3.12. The van der Waals surface area contributed by atoms with Gasteiger partial charge < -0.3 is 5.11 Å². The summed E-state index contributed by atoms with van der Waals surface area (Å²) in [4.78, 5) is 12.0. The number of piperidine rings is 1. The second-order valence-corrected chi connectivity index (χ2v) is 10.3. The third-order valence-corrected chi connectivity index (χ3v) is 8.23. The maximum absolute atomic E-state index is 14.1. The van der Waals surface area contributed by atoms with Crippen molar-refractivity contribution in [2.45, 2.75) is 23.5 Å². The fourth-order valence-electron chi connectivity index (χ4n) is 2.85. The smallest absolute Gasteiger partial charge is 0.337 e. The zero-order chi connectivity index (χ0) is 19.6. The highest BCUT2D eigenvalue weighted by atomic mass is 79.9. The summed E-state index contributed by atoms with van der Waals surface area (Å²) in [6.07, 6.45) is 3.86. The highest BCUT2D eigenvalue weighted by molar-refractivity contribution is 9.10. The molecule has 0 unspecified atom stereocenters. The van der Waals surface area contributed by atoms with Gasteiger partial charge in [-0.3, -0.25) is 0 Å². The molecular formula is C18H17BrFNO4S2. The number of halogens is 2. The molecule has 0 amide bonds. The first-order chi connectivity index (χ1) is 12.8. The minimum atomic E-state index is -3.64. The molecule has 1 saturated heterocycles. The highest BCUT2D eigenvalue weighted by Gasteiger charge is 2.28. The van der Waals surface area contributed by atoms with Crippen molar-refractivity contribution >= 4 is 54.9 Å². The summed E-state index contributed by atoms with van der Waals surface area (Å²) >= 11 is 4.04. The molecule has 1 aromatic carbocycles. The monoisotopic (exact) mass is 473 g/mol. The summed E-state index contributed by atoms with van der Waals surface area (Å²) in [5.74, 6) is -1.82. The van der Waals surface area contributed by atoms with Gasteiger partial charge in [0, 0.05) is 28.0 Å². The Morgan fingerprint density at radius 3 is 2.52 bits per heavy atom. The quantitative estimate of drug-likeness (QED) is 0.650. The number of hydrogen-bond acceptors (Lipinski definition) is 4. The number of carbonyl (C=O) groups is 1. The number of thiophene rings is 1. The van der Waals surface area contributed by atoms with E-state index >= 15 is 0 Å². The van der Waals surface area contributed by atoms with Crippen LogP contribution in [0.4, 0.5) is 4.39 Å². The first-order valence-electron chi connectivity index (χ1n) is 8.29. The molecule has 9 heteroatoms. The molecule has 2 aromatic rings. The number of sulfonamides is 1. The lowest BCUT2D eigenvalue weighted by atomic mass is 10.1. The summed E-state index contributed by atoms with van der Waals surface area (Å²) in [5.41, 5.74) is -0.0363. The number of hydrogen-bond donors (Lipinski definition) is 1. The highest BCUT2D eigenvalue weighted by Crippen LogP contribution is 2.32. The van der Waals surface area contributed by atoms with Crippen molar-refractivity contribution < 1.29 is 22.7 Å². The average molecular weight is 474 g/mol. The van der Waals surface area contributed by atoms with Gasteiger partial charge >= 0.3 is 5.97 Å². The van der Waals surface area contributed by atoms with E-state index in [4.69, 9.17) is 0 Å². The second kappa shape index (κ2) is 8.22. The number of rotatable bonds is 5. The maximum atomic E-state index is 14.1. The molecule has 1 aliphatic heterocycles. The van der Waals surface area contributed by atoms with Crippen LogP contribution in [0.5, 0.6) is 0 Å². The first-order valence-corrected chi connectivity index (χ1v) is 11.3. The third-order valence-electron chi connectivity index (χ3n) is 4.25. The number of benzene rings is 1. The van der Waals surface area contributed by atoms with Crippen molar-refractivity contribution in [2.75, 3.05) is 13.1 Å². The molecule has 27 heavy (non-hydrogen) atoms. The van der Waals surface area contributed by atoms with Crippen LogP contribution in [0.25, 0.3) is 11.6 Å². The van der Waals surface area contributed by atoms with Gasteiger partial charge in [-0.1, -0.05) is 28.4 Å². The summed E-state index contributed by atoms with van der Waals surface area (Å²) < 4.78 is 41.6. The Kier molecular flexibility index (Phi) is 6.15. The predicted molar refractivity (Wildman–Crippen MR) is 107 cm³/mol. The molecule has 3 rings (SSSR count). The van der Waals surface area contributed by atoms with Crippen LogP contribution in [-0.2, 0) is 14.8 Å². The van der Waals surface area contributed by atoms with E-state index in [-0.39, 0.29) is 20.2 Å². The van der Waals surface area contributed by atoms with Crippen LogP contribution >= 0.6 is 27.3 Å². The van der Waals surface area contributed by atoms with Crippen molar-refractivity contribution in [1.29, 1.82) is 0 Å². The number of carboxylic acids is 1. The minimum absolute atomic E-state index is 0.0998. The summed E-state index contributed by atoms with van der Waals surface area (Å²) in [6.45, 7) is 0.947. The van der Waals surface area contributed by atoms with E-state index in [2.05, 4.69) is 15.9 Å². The van der Waals surface area contributed by atoms with E-state index in [0.717, 1.165) is 30.6 Å². The van der Waals surface area contributed by atoms with Crippen molar-refractivity contribution in [3.8, 4) is 0 Å². The molecule has 0 saturated carbocycles. The number of nitrogens with zero attached hydrogens (tertiary/aromatic N) is 1. The van der Waals surface area contributed by atoms with Gasteiger partial charge in [0.2, 0.25) is 0 Å². The van der Waals surface area contributed by atoms with Gasteiger partial charge in [0.1, 0.15) is 10.0 Å². The summed E-state index contributed by atoms with van der Waals surface area (Å²) in [7, 11) is -3.64. The maximum Gasteiger partial charge on any atom is 0.337 e. The van der Waals surface area contributed by atoms with Crippen molar-refractivity contribution in [2.24, 2.45) is 0 Å². The number of carboxylic acid groups (broad SMARTS) is 1. The van der Waals surface area contributed by atoms with Gasteiger partial charge in [0.15, 0.2) is 0 Å². The Hall–Kier alpha value is -1.55. The van der Waals surface area contributed by atoms with Crippen LogP contribution in [0.15, 0.2) is 39.0 Å². The summed E-state index contributed by atoms with van der Waals surface area (Å²) in [6, 6.07) is 7.18. The molecule has 1 N–H and O–H groups in total. The third kappa shape index (κ3) is 4.48. The first kappa shape index (κ1) is 20.2. The van der Waals surface area contributed by atoms with E-state index in [9.17, 15) is 22.7 Å². The lowest BCUT2D eigenvalue weighted by Crippen LogP contribution is -2.35. The van der Waals surface area contributed by atoms with Crippen molar-refractivity contribution in [3.63, 3.8) is 0 Å². The molecular weight excluding hydrogens is 457 g/mol. The molecule has 1 fully saturated rings. The van der Waals surface area contributed by atoms with Gasteiger partial charge in [-0.05, 0) is 43.2 Å². The zero-order valence-electron chi connectivity index (χ0n) is 14.2. The zero-order valence-corrected chi connectivity index (χ0v) is 17.4. The van der Waals surface area contributed by atoms with Crippen LogP contribution in [0.1, 0.15) is 29.7 Å². The summed E-state index contributed by atoms with van der Waals surface area (Å²) in [5, 5.41) is 9.54. The van der Waals surface area contributed by atoms with Crippen molar-refractivity contribution in [1.82, 2.24) is 4.31 Å². The van der Waals surface area contributed by atoms with Crippen LogP contribution in [0, 0.1) is 5.82 Å². The second-order valence-electron chi connectivity index (χ2n) is 6.11. The molecule has 5 nitrogen and oxygen atoms in total. The lowest BCUT2D eigenvalue weighted by Gasteiger charge is -2.25. The standard InChI is InChI=1S/C18H17BrFNO4S2/c19-13-5-4-12(15(20)11-13)10-14(18(22)23)16-6-7-17(26-16)27(24,25)21-8-2-1-3-9-21/h4-7,10-11H,1-3,8-9H2,(H,22,23)/b14-10+. The van der Waals surface area contributed by atoms with E-state index < -0.39 is 21.8 Å². The van der Waals surface area contributed by atoms with Crippen LogP contribution in [0.3, 0.4) is 0 Å². The lowest BCUT2D eigenvalue weighted by molar-refractivity contribution is -0.130. The van der Waals surface area contributed by atoms with Crippen molar-refractivity contribution in [3.05, 3.63) is 51.1 Å². The molecule has 144 valence electrons. The molecule has 0 atom stereocenters. The molecule has 0 aliphatic carbocycles. The van der Waals surface area contributed by atoms with E-state index in [1.165, 1.54) is 34.6 Å².